The summed E-state index contributed by atoms with van der Waals surface area (Å²) < 4.78 is 2.83. The van der Waals surface area contributed by atoms with Crippen molar-refractivity contribution in [2.24, 2.45) is 0 Å². The molecule has 0 spiro atoms. The Labute approximate surface area is 184 Å². The molecule has 0 amide bonds. The smallest absolute Gasteiger partial charge is 0.358 e. The Morgan fingerprint density at radius 1 is 0.917 bits per heavy atom. The van der Waals surface area contributed by atoms with Crippen LogP contribution in [0.2, 0.25) is 0 Å². The van der Waals surface area contributed by atoms with E-state index in [2.05, 4.69) is 9.30 Å². The van der Waals surface area contributed by atoms with E-state index in [1.807, 2.05) is 6.92 Å². The van der Waals surface area contributed by atoms with Crippen molar-refractivity contribution in [2.75, 3.05) is 0 Å². The Morgan fingerprint density at radius 3 is 0.917 bits per heavy atom. The van der Waals surface area contributed by atoms with Crippen LogP contribution in [-0.2, 0) is 165 Å². The molecule has 0 aliphatic carbocycles. The normalized spacial score (nSPS) is 1.42. The molecule has 0 bridgehead atoms. The Morgan fingerprint density at radius 2 is 0.917 bits per heavy atom. The van der Waals surface area contributed by atoms with Gasteiger partial charge in [0.2, 0.25) is 0 Å². The number of hydrogen-bond donors (Lipinski definition) is 0. The molecule has 0 aliphatic rings. The summed E-state index contributed by atoms with van der Waals surface area (Å²) >= 11 is 2.50. The predicted molar refractivity (Wildman–Crippen MR) is 23.2 cm³/mol. The van der Waals surface area contributed by atoms with Gasteiger partial charge in [-0.15, -0.1) is 0 Å². The van der Waals surface area contributed by atoms with Crippen LogP contribution in [-0.4, -0.2) is 9.30 Å². The molecular weight excluding hydrogens is 1520 g/mol. The first-order valence-electron chi connectivity index (χ1n) is 0.940. The van der Waals surface area contributed by atoms with E-state index in [1.165, 1.54) is 19.4 Å². The van der Waals surface area contributed by atoms with Gasteiger partial charge in [-0.25, -0.2) is 0 Å². The van der Waals surface area contributed by atoms with E-state index >= 15 is 0 Å². The van der Waals surface area contributed by atoms with Crippen molar-refractivity contribution in [1.82, 2.24) is 0 Å². The zero-order valence-corrected chi connectivity index (χ0v) is 29.8. The molecule has 0 nitrogen and oxygen atoms in total. The summed E-state index contributed by atoms with van der Waals surface area (Å²) in [6.07, 6.45) is 0. The first kappa shape index (κ1) is 66.9. The summed E-state index contributed by atoms with van der Waals surface area (Å²) in [6, 6.07) is 0. The third-order valence-electron chi connectivity index (χ3n) is 0. The van der Waals surface area contributed by atoms with Crippen molar-refractivity contribution in [3.05, 3.63) is 7.43 Å². The Hall–Kier alpha value is 5.25. The Balaban J connectivity index is -0.00000000138. The van der Waals surface area contributed by atoms with E-state index in [4.69, 9.17) is 0 Å². The predicted octanol–water partition coefficient (Wildman–Crippen LogP) is 0.510. The Bertz CT molecular complexity index is 25.0. The largest absolute Gasteiger partial charge is 2.00 e. The number of hydrogen-bond acceptors (Lipinski definition) is 0. The first-order valence-corrected chi connectivity index (χ1v) is 4.10. The van der Waals surface area contributed by atoms with Crippen molar-refractivity contribution in [3.8, 4) is 0 Å². The second kappa shape index (κ2) is 96.8. The molecule has 0 radical (unpaired) electrons. The van der Waals surface area contributed by atoms with E-state index in [9.17, 15) is 0 Å². The molecular formula is C4H7W8-. The molecule has 0 atom stereocenters. The molecule has 72 valence electrons. The summed E-state index contributed by atoms with van der Waals surface area (Å²) in [5.74, 6) is 0. The van der Waals surface area contributed by atoms with Gasteiger partial charge in [0.15, 0.2) is 0 Å². The van der Waals surface area contributed by atoms with Crippen LogP contribution >= 0.6 is 0 Å². The molecule has 0 aliphatic heterocycles. The van der Waals surface area contributed by atoms with Crippen LogP contribution in [0.15, 0.2) is 0 Å². The fraction of sp³-hybridized carbons (Fsp3) is 0.250. The molecule has 0 aromatic heterocycles. The third-order valence-corrected chi connectivity index (χ3v) is 0. The topological polar surface area (TPSA) is 0 Å². The van der Waals surface area contributed by atoms with Gasteiger partial charge in [0.1, 0.15) is 0 Å². The monoisotopic (exact) mass is 1530 g/mol. The zero-order valence-electron chi connectivity index (χ0n) is 6.34. The first-order chi connectivity index (χ1) is 2.41. The minimum Gasteiger partial charge on any atom is -0.358 e. The average Bonchev–Trinajstić information content (AvgIpc) is 1.46. The van der Waals surface area contributed by atoms with Crippen molar-refractivity contribution in [3.63, 3.8) is 0 Å². The molecule has 0 fully saturated rings. The maximum absolute atomic E-state index is 4.58. The van der Waals surface area contributed by atoms with E-state index in [0.717, 1.165) is 19.4 Å². The van der Waals surface area contributed by atoms with Gasteiger partial charge in [-0.2, -0.15) is 0 Å². The molecule has 0 aromatic rings. The van der Waals surface area contributed by atoms with Crippen LogP contribution in [0.5, 0.6) is 0 Å². The quantitative estimate of drug-likeness (QED) is 0.311. The second-order valence-electron chi connectivity index (χ2n) is 0.204. The molecule has 0 rings (SSSR count). The van der Waals surface area contributed by atoms with Gasteiger partial charge in [-0.1, -0.05) is 0 Å². The molecule has 0 saturated carbocycles. The van der Waals surface area contributed by atoms with Gasteiger partial charge < -0.3 is 7.43 Å². The van der Waals surface area contributed by atoms with Gasteiger partial charge in [-0.05, 0) is 0 Å². The SMILES string of the molecule is C[C-]=[W].[CH-]=[W].[CH3-].[W+2].[W].[W].[W].[W].[W]. The van der Waals surface area contributed by atoms with Crippen LogP contribution in [0, 0.1) is 7.43 Å². The van der Waals surface area contributed by atoms with Gasteiger partial charge in [0, 0.05) is 105 Å². The maximum Gasteiger partial charge on any atom is 2.00 e. The van der Waals surface area contributed by atoms with E-state index in [-0.39, 0.29) is 134 Å². The fourth-order valence-electron chi connectivity index (χ4n) is 0. The Kier molecular flexibility index (Phi) is 540. The summed E-state index contributed by atoms with van der Waals surface area (Å²) in [4.78, 5) is 4.58. The van der Waals surface area contributed by atoms with Crippen molar-refractivity contribution < 1.29 is 165 Å². The van der Waals surface area contributed by atoms with Crippen molar-refractivity contribution in [1.29, 1.82) is 0 Å². The van der Waals surface area contributed by atoms with Gasteiger partial charge in [-0.3, -0.25) is 0 Å². The van der Waals surface area contributed by atoms with E-state index in [0.29, 0.717) is 0 Å². The summed E-state index contributed by atoms with van der Waals surface area (Å²) in [7, 11) is 0. The fourth-order valence-corrected chi connectivity index (χ4v) is 0. The van der Waals surface area contributed by atoms with Crippen LogP contribution in [0.25, 0.3) is 0 Å². The van der Waals surface area contributed by atoms with Crippen LogP contribution in [0.4, 0.5) is 0 Å². The number of rotatable bonds is 0. The molecule has 0 unspecified atom stereocenters. The average molecular weight is 1530 g/mol. The minimum absolute atomic E-state index is 0. The summed E-state index contributed by atoms with van der Waals surface area (Å²) in [5, 5.41) is 0. The zero-order chi connectivity index (χ0) is 4.71. The molecule has 0 N–H and O–H groups in total. The summed E-state index contributed by atoms with van der Waals surface area (Å²) in [6.45, 7) is 1.91. The molecule has 12 heavy (non-hydrogen) atoms. The molecule has 0 aromatic carbocycles. The van der Waals surface area contributed by atoms with Gasteiger partial charge >= 0.3 is 76.0 Å². The van der Waals surface area contributed by atoms with Crippen molar-refractivity contribution >= 4 is 9.30 Å². The standard InChI is InChI=1S/C2H3.CH3.CH.8W/c1-2;;;;;;;;;;/h1H3;1H3;1H;;;;;;;;/q3*-1;;;;;;;;+2. The molecule has 0 saturated heterocycles. The molecule has 0 heterocycles. The van der Waals surface area contributed by atoms with Gasteiger partial charge in [0.25, 0.3) is 0 Å². The minimum atomic E-state index is 0. The van der Waals surface area contributed by atoms with Crippen molar-refractivity contribution in [2.45, 2.75) is 6.92 Å². The van der Waals surface area contributed by atoms with Crippen LogP contribution < -0.4 is 0 Å². The maximum atomic E-state index is 4.58. The van der Waals surface area contributed by atoms with Crippen LogP contribution in [0.1, 0.15) is 6.92 Å². The van der Waals surface area contributed by atoms with E-state index in [1.54, 1.807) is 0 Å². The van der Waals surface area contributed by atoms with Gasteiger partial charge in [0.05, 0.1) is 0 Å². The van der Waals surface area contributed by atoms with E-state index < -0.39 is 0 Å². The third kappa shape index (κ3) is 112. The molecule has 8 heteroatoms. The second-order valence-corrected chi connectivity index (χ2v) is 1.67. The van der Waals surface area contributed by atoms with Crippen LogP contribution in [0.3, 0.4) is 0 Å². The summed E-state index contributed by atoms with van der Waals surface area (Å²) in [5.41, 5.74) is 0.